The van der Waals surface area contributed by atoms with Crippen LogP contribution in [0.1, 0.15) is 36.5 Å². The molecule has 2 aromatic carbocycles. The van der Waals surface area contributed by atoms with Crippen LogP contribution in [-0.2, 0) is 14.8 Å². The van der Waals surface area contributed by atoms with Gasteiger partial charge < -0.3 is 5.32 Å². The zero-order chi connectivity index (χ0) is 18.6. The van der Waals surface area contributed by atoms with Gasteiger partial charge in [0.05, 0.1) is 11.4 Å². The van der Waals surface area contributed by atoms with Crippen LogP contribution >= 0.6 is 0 Å². The molecule has 0 atom stereocenters. The Morgan fingerprint density at radius 1 is 1.00 bits per heavy atom. The minimum Gasteiger partial charge on any atom is -0.325 e. The summed E-state index contributed by atoms with van der Waals surface area (Å²) in [6.45, 7) is 7.70. The highest BCUT2D eigenvalue weighted by atomic mass is 32.2. The summed E-state index contributed by atoms with van der Waals surface area (Å²) in [5.74, 6) is -0.0842. The number of hydrogen-bond acceptors (Lipinski definition) is 3. The van der Waals surface area contributed by atoms with Crippen molar-refractivity contribution in [3.8, 4) is 0 Å². The Morgan fingerprint density at radius 2 is 1.64 bits per heavy atom. The molecule has 0 aliphatic rings. The molecule has 2 N–H and O–H groups in total. The monoisotopic (exact) mass is 360 g/mol. The molecule has 0 fully saturated rings. The van der Waals surface area contributed by atoms with Gasteiger partial charge in [-0.15, -0.1) is 0 Å². The second-order valence-corrected chi connectivity index (χ2v) is 8.16. The molecule has 0 spiro atoms. The number of carbonyl (C=O) groups is 1. The fraction of sp³-hybridized carbons (Fsp3) is 0.316. The molecule has 5 nitrogen and oxygen atoms in total. The Hall–Kier alpha value is -2.18. The Morgan fingerprint density at radius 3 is 2.20 bits per heavy atom. The minimum absolute atomic E-state index is 0.149. The van der Waals surface area contributed by atoms with Crippen molar-refractivity contribution in [1.82, 2.24) is 4.72 Å². The lowest BCUT2D eigenvalue weighted by Gasteiger charge is -2.10. The summed E-state index contributed by atoms with van der Waals surface area (Å²) in [5.41, 5.74) is 3.90. The Balaban J connectivity index is 1.98. The van der Waals surface area contributed by atoms with Crippen molar-refractivity contribution in [3.63, 3.8) is 0 Å². The summed E-state index contributed by atoms with van der Waals surface area (Å²) < 4.78 is 26.9. The highest BCUT2D eigenvalue weighted by Crippen LogP contribution is 2.17. The molecular weight excluding hydrogens is 336 g/mol. The number of hydrogen-bond donors (Lipinski definition) is 2. The average molecular weight is 360 g/mol. The smallest absolute Gasteiger partial charge is 0.241 e. The minimum atomic E-state index is -3.72. The number of sulfonamides is 1. The van der Waals surface area contributed by atoms with E-state index in [-0.39, 0.29) is 11.4 Å². The van der Waals surface area contributed by atoms with Gasteiger partial charge in [-0.05, 0) is 60.7 Å². The third-order valence-electron chi connectivity index (χ3n) is 4.07. The van der Waals surface area contributed by atoms with Gasteiger partial charge in [0.25, 0.3) is 0 Å². The zero-order valence-electron chi connectivity index (χ0n) is 15.0. The van der Waals surface area contributed by atoms with Gasteiger partial charge in [0.2, 0.25) is 15.9 Å². The molecule has 0 aliphatic heterocycles. The van der Waals surface area contributed by atoms with Gasteiger partial charge in [0.1, 0.15) is 0 Å². The second-order valence-electron chi connectivity index (χ2n) is 6.40. The summed E-state index contributed by atoms with van der Waals surface area (Å²) in [7, 11) is -3.72. The lowest BCUT2D eigenvalue weighted by atomic mass is 10.0. The van der Waals surface area contributed by atoms with Gasteiger partial charge in [-0.3, -0.25) is 4.79 Å². The standard InChI is InChI=1S/C19H24N2O3S/c1-13(2)16-6-9-18(10-7-16)25(23,24)20-12-19(22)21-17-8-5-14(3)15(4)11-17/h5-11,13,20H,12H2,1-4H3,(H,21,22). The van der Waals surface area contributed by atoms with Gasteiger partial charge in [-0.1, -0.05) is 32.0 Å². The van der Waals surface area contributed by atoms with Gasteiger partial charge in [-0.25, -0.2) is 13.1 Å². The fourth-order valence-electron chi connectivity index (χ4n) is 2.30. The number of carbonyl (C=O) groups excluding carboxylic acids is 1. The van der Waals surface area contributed by atoms with E-state index in [4.69, 9.17) is 0 Å². The first-order valence-corrected chi connectivity index (χ1v) is 9.64. The number of benzene rings is 2. The van der Waals surface area contributed by atoms with Crippen LogP contribution in [0.15, 0.2) is 47.4 Å². The van der Waals surface area contributed by atoms with E-state index in [0.29, 0.717) is 11.6 Å². The van der Waals surface area contributed by atoms with Crippen molar-refractivity contribution in [2.24, 2.45) is 0 Å². The van der Waals surface area contributed by atoms with Crippen LogP contribution in [-0.4, -0.2) is 20.9 Å². The fourth-order valence-corrected chi connectivity index (χ4v) is 3.28. The lowest BCUT2D eigenvalue weighted by Crippen LogP contribution is -2.32. The SMILES string of the molecule is Cc1ccc(NC(=O)CNS(=O)(=O)c2ccc(C(C)C)cc2)cc1C. The van der Waals surface area contributed by atoms with E-state index < -0.39 is 15.9 Å². The Labute approximate surface area is 149 Å². The second kappa shape index (κ2) is 7.80. The molecule has 2 aromatic rings. The van der Waals surface area contributed by atoms with E-state index in [1.807, 2.05) is 39.8 Å². The first kappa shape index (κ1) is 19.1. The van der Waals surface area contributed by atoms with E-state index in [1.165, 1.54) is 0 Å². The molecular formula is C19H24N2O3S. The zero-order valence-corrected chi connectivity index (χ0v) is 15.8. The largest absolute Gasteiger partial charge is 0.325 e. The number of aryl methyl sites for hydroxylation is 2. The molecule has 0 radical (unpaired) electrons. The van der Waals surface area contributed by atoms with E-state index in [0.717, 1.165) is 16.7 Å². The van der Waals surface area contributed by atoms with Crippen LogP contribution in [0.2, 0.25) is 0 Å². The van der Waals surface area contributed by atoms with Crippen LogP contribution in [0.25, 0.3) is 0 Å². The van der Waals surface area contributed by atoms with Crippen molar-refractivity contribution in [2.45, 2.75) is 38.5 Å². The summed E-state index contributed by atoms with van der Waals surface area (Å²) in [6, 6.07) is 12.2. The van der Waals surface area contributed by atoms with Gasteiger partial charge in [0, 0.05) is 5.69 Å². The number of rotatable bonds is 6. The quantitative estimate of drug-likeness (QED) is 0.829. The maximum Gasteiger partial charge on any atom is 0.241 e. The maximum absolute atomic E-state index is 12.3. The first-order valence-electron chi connectivity index (χ1n) is 8.16. The molecule has 0 heterocycles. The van der Waals surface area contributed by atoms with Crippen molar-refractivity contribution >= 4 is 21.6 Å². The molecule has 0 saturated carbocycles. The molecule has 1 amide bonds. The van der Waals surface area contributed by atoms with Crippen LogP contribution < -0.4 is 10.0 Å². The summed E-state index contributed by atoms with van der Waals surface area (Å²) in [6.07, 6.45) is 0. The van der Waals surface area contributed by atoms with E-state index in [1.54, 1.807) is 30.3 Å². The average Bonchev–Trinajstić information content (AvgIpc) is 2.56. The Kier molecular flexibility index (Phi) is 5.98. The van der Waals surface area contributed by atoms with Crippen molar-refractivity contribution in [3.05, 3.63) is 59.2 Å². The predicted octanol–water partition coefficient (Wildman–Crippen LogP) is 3.34. The topological polar surface area (TPSA) is 75.3 Å². The molecule has 6 heteroatoms. The van der Waals surface area contributed by atoms with Crippen molar-refractivity contribution in [1.29, 1.82) is 0 Å². The normalized spacial score (nSPS) is 11.6. The number of amides is 1. The van der Waals surface area contributed by atoms with E-state index >= 15 is 0 Å². The maximum atomic E-state index is 12.3. The van der Waals surface area contributed by atoms with Crippen molar-refractivity contribution in [2.75, 3.05) is 11.9 Å². The van der Waals surface area contributed by atoms with E-state index in [2.05, 4.69) is 10.0 Å². The number of nitrogens with one attached hydrogen (secondary N) is 2. The highest BCUT2D eigenvalue weighted by molar-refractivity contribution is 7.89. The predicted molar refractivity (Wildman–Crippen MR) is 100 cm³/mol. The summed E-state index contributed by atoms with van der Waals surface area (Å²) in [5, 5.41) is 2.69. The molecule has 2 rings (SSSR count). The molecule has 134 valence electrons. The first-order chi connectivity index (χ1) is 11.7. The third-order valence-corrected chi connectivity index (χ3v) is 5.49. The highest BCUT2D eigenvalue weighted by Gasteiger charge is 2.16. The van der Waals surface area contributed by atoms with E-state index in [9.17, 15) is 13.2 Å². The summed E-state index contributed by atoms with van der Waals surface area (Å²) >= 11 is 0. The van der Waals surface area contributed by atoms with Gasteiger partial charge in [-0.2, -0.15) is 0 Å². The molecule has 0 aromatic heterocycles. The third kappa shape index (κ3) is 5.14. The lowest BCUT2D eigenvalue weighted by molar-refractivity contribution is -0.115. The van der Waals surface area contributed by atoms with Crippen LogP contribution in [0, 0.1) is 13.8 Å². The molecule has 0 unspecified atom stereocenters. The van der Waals surface area contributed by atoms with Crippen LogP contribution in [0.3, 0.4) is 0 Å². The molecule has 0 bridgehead atoms. The molecule has 25 heavy (non-hydrogen) atoms. The van der Waals surface area contributed by atoms with Crippen LogP contribution in [0.5, 0.6) is 0 Å². The van der Waals surface area contributed by atoms with Gasteiger partial charge in [0.15, 0.2) is 0 Å². The van der Waals surface area contributed by atoms with Gasteiger partial charge >= 0.3 is 0 Å². The van der Waals surface area contributed by atoms with Crippen LogP contribution in [0.4, 0.5) is 5.69 Å². The Bertz CT molecular complexity index is 857. The molecule has 0 saturated heterocycles. The summed E-state index contributed by atoms with van der Waals surface area (Å²) in [4.78, 5) is 12.1. The molecule has 0 aliphatic carbocycles. The number of anilines is 1. The van der Waals surface area contributed by atoms with Crippen molar-refractivity contribution < 1.29 is 13.2 Å².